The normalized spacial score (nSPS) is 10.8. The summed E-state index contributed by atoms with van der Waals surface area (Å²) in [4.78, 5) is 16.4. The van der Waals surface area contributed by atoms with Crippen LogP contribution >= 0.6 is 11.6 Å². The van der Waals surface area contributed by atoms with E-state index in [1.165, 1.54) is 30.0 Å². The molecule has 33 heavy (non-hydrogen) atoms. The van der Waals surface area contributed by atoms with Crippen LogP contribution in [0.25, 0.3) is 0 Å². The zero-order valence-electron chi connectivity index (χ0n) is 17.6. The van der Waals surface area contributed by atoms with Crippen molar-refractivity contribution in [1.29, 1.82) is 0 Å². The Morgan fingerprint density at radius 2 is 2.03 bits per heavy atom. The van der Waals surface area contributed by atoms with Crippen molar-refractivity contribution in [2.45, 2.75) is 32.4 Å². The first-order valence-electron chi connectivity index (χ1n) is 10.3. The Bertz CT molecular complexity index is 1200. The number of amides is 1. The Labute approximate surface area is 194 Å². The van der Waals surface area contributed by atoms with Crippen LogP contribution in [-0.2, 0) is 19.6 Å². The van der Waals surface area contributed by atoms with E-state index in [4.69, 9.17) is 20.8 Å². The summed E-state index contributed by atoms with van der Waals surface area (Å²) in [7, 11) is 0. The first kappa shape index (κ1) is 22.5. The van der Waals surface area contributed by atoms with Crippen LogP contribution in [0.4, 0.5) is 10.1 Å². The highest BCUT2D eigenvalue weighted by Gasteiger charge is 2.14. The first-order valence-corrected chi connectivity index (χ1v) is 10.7. The zero-order chi connectivity index (χ0) is 23.0. The van der Waals surface area contributed by atoms with Crippen LogP contribution in [0.2, 0.25) is 5.02 Å². The lowest BCUT2D eigenvalue weighted by Gasteiger charge is -2.06. The minimum Gasteiger partial charge on any atom is -0.484 e. The van der Waals surface area contributed by atoms with Crippen molar-refractivity contribution in [3.05, 3.63) is 89.1 Å². The van der Waals surface area contributed by atoms with Gasteiger partial charge in [-0.25, -0.2) is 9.37 Å². The Morgan fingerprint density at radius 3 is 2.79 bits per heavy atom. The van der Waals surface area contributed by atoms with Gasteiger partial charge in [-0.2, -0.15) is 0 Å². The van der Waals surface area contributed by atoms with Gasteiger partial charge in [0.15, 0.2) is 12.3 Å². The molecule has 0 unspecified atom stereocenters. The molecule has 0 saturated heterocycles. The highest BCUT2D eigenvalue weighted by Crippen LogP contribution is 2.20. The summed E-state index contributed by atoms with van der Waals surface area (Å²) in [5.74, 6) is -0.131. The molecule has 0 saturated carbocycles. The second-order valence-corrected chi connectivity index (χ2v) is 7.67. The maximum absolute atomic E-state index is 13.2. The maximum atomic E-state index is 13.2. The maximum Gasteiger partial charge on any atom is 0.277 e. The molecule has 8 nitrogen and oxygen atoms in total. The minimum atomic E-state index is -0.563. The number of halogens is 2. The van der Waals surface area contributed by atoms with Crippen LogP contribution in [0.1, 0.15) is 34.8 Å². The third-order valence-corrected chi connectivity index (χ3v) is 5.11. The van der Waals surface area contributed by atoms with Crippen molar-refractivity contribution in [2.75, 3.05) is 5.32 Å². The molecule has 4 rings (SSSR count). The molecule has 0 aliphatic carbocycles. The third-order valence-electron chi connectivity index (χ3n) is 4.82. The molecule has 2 aromatic carbocycles. The van der Waals surface area contributed by atoms with Crippen molar-refractivity contribution >= 4 is 23.2 Å². The molecule has 1 N–H and O–H groups in total. The van der Waals surface area contributed by atoms with Crippen LogP contribution in [0, 0.1) is 5.82 Å². The van der Waals surface area contributed by atoms with E-state index < -0.39 is 11.7 Å². The zero-order valence-corrected chi connectivity index (χ0v) is 18.3. The van der Waals surface area contributed by atoms with Gasteiger partial charge in [0.1, 0.15) is 17.8 Å². The SMILES string of the molecule is O=C(Nc1ccc(F)c(Cl)c1)c1coc(COc2ccc(CCCCn3ccnn3)cc2)n1. The second kappa shape index (κ2) is 10.7. The molecule has 1 amide bonds. The van der Waals surface area contributed by atoms with E-state index in [1.807, 2.05) is 35.1 Å². The number of ether oxygens (including phenoxy) is 1. The van der Waals surface area contributed by atoms with E-state index in [1.54, 1.807) is 6.20 Å². The number of carbonyl (C=O) groups is 1. The summed E-state index contributed by atoms with van der Waals surface area (Å²) < 4.78 is 26.1. The number of hydrogen-bond donors (Lipinski definition) is 1. The summed E-state index contributed by atoms with van der Waals surface area (Å²) in [5, 5.41) is 10.2. The van der Waals surface area contributed by atoms with Crippen molar-refractivity contribution in [2.24, 2.45) is 0 Å². The van der Waals surface area contributed by atoms with Gasteiger partial charge in [0.2, 0.25) is 5.89 Å². The topological polar surface area (TPSA) is 95.1 Å². The Kier molecular flexibility index (Phi) is 7.31. The summed E-state index contributed by atoms with van der Waals surface area (Å²) in [6.45, 7) is 0.932. The Balaban J connectivity index is 1.22. The van der Waals surface area contributed by atoms with Gasteiger partial charge in [0.05, 0.1) is 11.2 Å². The lowest BCUT2D eigenvalue weighted by atomic mass is 10.1. The van der Waals surface area contributed by atoms with E-state index in [2.05, 4.69) is 20.6 Å². The molecule has 0 aliphatic rings. The number of unbranched alkanes of at least 4 members (excludes halogenated alkanes) is 1. The van der Waals surface area contributed by atoms with Gasteiger partial charge in [-0.1, -0.05) is 28.9 Å². The number of rotatable bonds is 10. The molecule has 0 bridgehead atoms. The van der Waals surface area contributed by atoms with Crippen molar-refractivity contribution in [3.63, 3.8) is 0 Å². The number of aryl methyl sites for hydroxylation is 2. The molecular weight excluding hydrogens is 449 g/mol. The number of nitrogens with zero attached hydrogens (tertiary/aromatic N) is 4. The highest BCUT2D eigenvalue weighted by molar-refractivity contribution is 6.31. The molecule has 2 aromatic heterocycles. The van der Waals surface area contributed by atoms with Crippen LogP contribution in [0.15, 0.2) is 65.5 Å². The number of oxazole rings is 1. The van der Waals surface area contributed by atoms with Gasteiger partial charge in [0, 0.05) is 18.4 Å². The summed E-state index contributed by atoms with van der Waals surface area (Å²) in [5.41, 5.74) is 1.65. The van der Waals surface area contributed by atoms with Crippen molar-refractivity contribution < 1.29 is 18.3 Å². The van der Waals surface area contributed by atoms with E-state index in [0.717, 1.165) is 25.8 Å². The standard InChI is InChI=1S/C23H21ClFN5O3/c24-19-13-17(6-9-20(19)25)27-23(31)21-14-33-22(28-21)15-32-18-7-4-16(5-8-18)3-1-2-11-30-12-10-26-29-30/h4-10,12-14H,1-3,11,15H2,(H,27,31). The van der Waals surface area contributed by atoms with E-state index >= 15 is 0 Å². The van der Waals surface area contributed by atoms with Gasteiger partial charge in [-0.05, 0) is 55.2 Å². The van der Waals surface area contributed by atoms with Crippen LogP contribution in [-0.4, -0.2) is 25.9 Å². The molecule has 2 heterocycles. The van der Waals surface area contributed by atoms with Crippen LogP contribution in [0.3, 0.4) is 0 Å². The fourth-order valence-corrected chi connectivity index (χ4v) is 3.28. The molecule has 10 heteroatoms. The number of benzene rings is 2. The highest BCUT2D eigenvalue weighted by atomic mass is 35.5. The Morgan fingerprint density at radius 1 is 1.18 bits per heavy atom. The monoisotopic (exact) mass is 469 g/mol. The van der Waals surface area contributed by atoms with Gasteiger partial charge in [-0.3, -0.25) is 9.48 Å². The van der Waals surface area contributed by atoms with E-state index in [9.17, 15) is 9.18 Å². The molecule has 170 valence electrons. The summed E-state index contributed by atoms with van der Waals surface area (Å²) in [6.07, 6.45) is 7.81. The average molecular weight is 470 g/mol. The number of hydrogen-bond acceptors (Lipinski definition) is 6. The molecular formula is C23H21ClFN5O3. The van der Waals surface area contributed by atoms with Crippen LogP contribution in [0.5, 0.6) is 5.75 Å². The molecule has 0 spiro atoms. The molecule has 0 aliphatic heterocycles. The molecule has 0 atom stereocenters. The third kappa shape index (κ3) is 6.39. The number of nitrogens with one attached hydrogen (secondary N) is 1. The number of anilines is 1. The molecule has 0 fully saturated rings. The number of aromatic nitrogens is 4. The number of carbonyl (C=O) groups excluding carboxylic acids is 1. The smallest absolute Gasteiger partial charge is 0.277 e. The fourth-order valence-electron chi connectivity index (χ4n) is 3.10. The minimum absolute atomic E-state index is 0.0763. The molecule has 4 aromatic rings. The van der Waals surface area contributed by atoms with Gasteiger partial charge >= 0.3 is 0 Å². The van der Waals surface area contributed by atoms with Crippen molar-refractivity contribution in [3.8, 4) is 5.75 Å². The summed E-state index contributed by atoms with van der Waals surface area (Å²) in [6, 6.07) is 11.7. The predicted molar refractivity (Wildman–Crippen MR) is 120 cm³/mol. The lowest BCUT2D eigenvalue weighted by molar-refractivity contribution is 0.102. The van der Waals surface area contributed by atoms with Gasteiger partial charge < -0.3 is 14.5 Å². The largest absolute Gasteiger partial charge is 0.484 e. The Hall–Kier alpha value is -3.72. The fraction of sp³-hybridized carbons (Fsp3) is 0.217. The second-order valence-electron chi connectivity index (χ2n) is 7.27. The predicted octanol–water partition coefficient (Wildman–Crippen LogP) is 4.91. The van der Waals surface area contributed by atoms with E-state index in [0.29, 0.717) is 11.4 Å². The van der Waals surface area contributed by atoms with Crippen LogP contribution < -0.4 is 10.1 Å². The van der Waals surface area contributed by atoms with Gasteiger partial charge in [-0.15, -0.1) is 5.10 Å². The van der Waals surface area contributed by atoms with Gasteiger partial charge in [0.25, 0.3) is 5.91 Å². The summed E-state index contributed by atoms with van der Waals surface area (Å²) >= 11 is 5.73. The lowest BCUT2D eigenvalue weighted by Crippen LogP contribution is -2.12. The average Bonchev–Trinajstić information content (AvgIpc) is 3.51. The van der Waals surface area contributed by atoms with E-state index in [-0.39, 0.29) is 23.2 Å². The quantitative estimate of drug-likeness (QED) is 0.331. The van der Waals surface area contributed by atoms with Crippen molar-refractivity contribution in [1.82, 2.24) is 20.0 Å². The molecule has 0 radical (unpaired) electrons. The first-order chi connectivity index (χ1) is 16.1.